The number of halogens is 2. The van der Waals surface area contributed by atoms with Gasteiger partial charge in [-0.2, -0.15) is 5.10 Å². The van der Waals surface area contributed by atoms with Crippen LogP contribution in [-0.2, 0) is 6.61 Å². The molecular weight excluding hydrogens is 456 g/mol. The van der Waals surface area contributed by atoms with Crippen LogP contribution in [0.3, 0.4) is 0 Å². The standard InChI is InChI=1S/C22H18BrClN2O3/c1-28-21-10-9-17(23)12-19(21)22(27)26-25-13-15-5-4-7-18(11-15)29-14-16-6-2-3-8-20(16)24/h2-13H,14H2,1H3,(H,26,27)/b25-13-. The molecule has 29 heavy (non-hydrogen) atoms. The summed E-state index contributed by atoms with van der Waals surface area (Å²) in [6.07, 6.45) is 1.55. The van der Waals surface area contributed by atoms with E-state index in [1.165, 1.54) is 7.11 Å². The summed E-state index contributed by atoms with van der Waals surface area (Å²) in [4.78, 5) is 12.4. The highest BCUT2D eigenvalue weighted by Gasteiger charge is 2.12. The van der Waals surface area contributed by atoms with Crippen LogP contribution in [0.5, 0.6) is 11.5 Å². The monoisotopic (exact) mass is 472 g/mol. The van der Waals surface area contributed by atoms with Gasteiger partial charge in [0.15, 0.2) is 0 Å². The van der Waals surface area contributed by atoms with Gasteiger partial charge in [-0.1, -0.05) is 57.9 Å². The molecule has 148 valence electrons. The van der Waals surface area contributed by atoms with Crippen LogP contribution < -0.4 is 14.9 Å². The molecule has 3 aromatic carbocycles. The Balaban J connectivity index is 1.63. The molecule has 0 bridgehead atoms. The van der Waals surface area contributed by atoms with E-state index in [-0.39, 0.29) is 5.91 Å². The lowest BCUT2D eigenvalue weighted by atomic mass is 10.2. The van der Waals surface area contributed by atoms with Crippen molar-refractivity contribution in [2.24, 2.45) is 5.10 Å². The SMILES string of the molecule is COc1ccc(Br)cc1C(=O)N/N=C\c1cccc(OCc2ccccc2Cl)c1. The molecular formula is C22H18BrClN2O3. The maximum absolute atomic E-state index is 12.4. The molecule has 1 N–H and O–H groups in total. The molecule has 0 spiro atoms. The fourth-order valence-electron chi connectivity index (χ4n) is 2.54. The topological polar surface area (TPSA) is 59.9 Å². The zero-order chi connectivity index (χ0) is 20.6. The third-order valence-electron chi connectivity index (χ3n) is 4.00. The van der Waals surface area contributed by atoms with Gasteiger partial charge in [0.05, 0.1) is 18.9 Å². The Morgan fingerprint density at radius 2 is 1.97 bits per heavy atom. The summed E-state index contributed by atoms with van der Waals surface area (Å²) < 4.78 is 11.8. The van der Waals surface area contributed by atoms with Crippen molar-refractivity contribution < 1.29 is 14.3 Å². The summed E-state index contributed by atoms with van der Waals surface area (Å²) in [6.45, 7) is 0.361. The predicted molar refractivity (Wildman–Crippen MR) is 118 cm³/mol. The molecule has 7 heteroatoms. The number of hydrazone groups is 1. The number of benzene rings is 3. The van der Waals surface area contributed by atoms with Crippen molar-refractivity contribution in [3.05, 3.63) is 92.9 Å². The first-order valence-electron chi connectivity index (χ1n) is 8.70. The molecule has 0 fully saturated rings. The van der Waals surface area contributed by atoms with Crippen LogP contribution in [0.15, 0.2) is 76.3 Å². The number of ether oxygens (including phenoxy) is 2. The normalized spacial score (nSPS) is 10.7. The largest absolute Gasteiger partial charge is 0.496 e. The minimum absolute atomic E-state index is 0.361. The Hall–Kier alpha value is -2.83. The fourth-order valence-corrected chi connectivity index (χ4v) is 3.10. The molecule has 0 saturated carbocycles. The summed E-state index contributed by atoms with van der Waals surface area (Å²) in [6, 6.07) is 20.1. The lowest BCUT2D eigenvalue weighted by Gasteiger charge is -2.08. The number of rotatable bonds is 7. The number of carbonyl (C=O) groups is 1. The first-order valence-corrected chi connectivity index (χ1v) is 9.87. The van der Waals surface area contributed by atoms with Crippen LogP contribution in [-0.4, -0.2) is 19.2 Å². The third kappa shape index (κ3) is 5.82. The highest BCUT2D eigenvalue weighted by molar-refractivity contribution is 9.10. The van der Waals surface area contributed by atoms with Crippen LogP contribution >= 0.6 is 27.5 Å². The Bertz CT molecular complexity index is 1040. The van der Waals surface area contributed by atoms with Gasteiger partial charge in [-0.15, -0.1) is 0 Å². The number of nitrogens with one attached hydrogen (secondary N) is 1. The smallest absolute Gasteiger partial charge is 0.275 e. The summed E-state index contributed by atoms with van der Waals surface area (Å²) in [5.74, 6) is 0.773. The van der Waals surface area contributed by atoms with E-state index >= 15 is 0 Å². The molecule has 0 heterocycles. The number of amides is 1. The van der Waals surface area contributed by atoms with Crippen LogP contribution in [0.2, 0.25) is 5.02 Å². The minimum atomic E-state index is -0.370. The van der Waals surface area contributed by atoms with E-state index in [4.69, 9.17) is 21.1 Å². The Morgan fingerprint density at radius 1 is 1.14 bits per heavy atom. The lowest BCUT2D eigenvalue weighted by Crippen LogP contribution is -2.18. The van der Waals surface area contributed by atoms with Crippen molar-refractivity contribution in [1.82, 2.24) is 5.43 Å². The Morgan fingerprint density at radius 3 is 2.76 bits per heavy atom. The first kappa shape index (κ1) is 20.9. The van der Waals surface area contributed by atoms with Crippen LogP contribution in [0, 0.1) is 0 Å². The lowest BCUT2D eigenvalue weighted by molar-refractivity contribution is 0.0952. The van der Waals surface area contributed by atoms with Gasteiger partial charge in [0.2, 0.25) is 0 Å². The summed E-state index contributed by atoms with van der Waals surface area (Å²) >= 11 is 9.49. The zero-order valence-corrected chi connectivity index (χ0v) is 17.9. The van der Waals surface area contributed by atoms with E-state index in [2.05, 4.69) is 26.5 Å². The molecule has 0 unspecified atom stereocenters. The highest BCUT2D eigenvalue weighted by atomic mass is 79.9. The molecule has 0 aliphatic rings. The molecule has 0 atom stereocenters. The average Bonchev–Trinajstić information content (AvgIpc) is 2.73. The first-order chi connectivity index (χ1) is 14.1. The molecule has 0 aromatic heterocycles. The number of hydrogen-bond donors (Lipinski definition) is 1. The second kappa shape index (κ2) is 10.1. The Labute approximate surface area is 182 Å². The van der Waals surface area contributed by atoms with Gasteiger partial charge in [0, 0.05) is 15.1 Å². The van der Waals surface area contributed by atoms with Crippen LogP contribution in [0.25, 0.3) is 0 Å². The van der Waals surface area contributed by atoms with Crippen molar-refractivity contribution in [2.45, 2.75) is 6.61 Å². The highest BCUT2D eigenvalue weighted by Crippen LogP contribution is 2.23. The van der Waals surface area contributed by atoms with Gasteiger partial charge >= 0.3 is 0 Å². The summed E-state index contributed by atoms with van der Waals surface area (Å²) in [5, 5.41) is 4.69. The molecule has 1 amide bonds. The maximum Gasteiger partial charge on any atom is 0.275 e. The second-order valence-electron chi connectivity index (χ2n) is 6.00. The summed E-state index contributed by atoms with van der Waals surface area (Å²) in [5.41, 5.74) is 4.58. The molecule has 3 rings (SSSR count). The molecule has 3 aromatic rings. The van der Waals surface area contributed by atoms with Crippen molar-refractivity contribution in [3.8, 4) is 11.5 Å². The fraction of sp³-hybridized carbons (Fsp3) is 0.0909. The maximum atomic E-state index is 12.4. The Kier molecular flexibility index (Phi) is 7.27. The number of hydrogen-bond acceptors (Lipinski definition) is 4. The van der Waals surface area contributed by atoms with Crippen LogP contribution in [0.1, 0.15) is 21.5 Å². The predicted octanol–water partition coefficient (Wildman–Crippen LogP) is 5.45. The van der Waals surface area contributed by atoms with E-state index in [0.717, 1.165) is 15.6 Å². The van der Waals surface area contributed by atoms with Gasteiger partial charge in [-0.25, -0.2) is 5.43 Å². The van der Waals surface area contributed by atoms with E-state index in [1.54, 1.807) is 24.4 Å². The second-order valence-corrected chi connectivity index (χ2v) is 7.32. The van der Waals surface area contributed by atoms with E-state index < -0.39 is 0 Å². The third-order valence-corrected chi connectivity index (χ3v) is 4.86. The van der Waals surface area contributed by atoms with Crippen LogP contribution in [0.4, 0.5) is 0 Å². The van der Waals surface area contributed by atoms with Gasteiger partial charge in [0.25, 0.3) is 5.91 Å². The molecule has 0 radical (unpaired) electrons. The van der Waals surface area contributed by atoms with Gasteiger partial charge < -0.3 is 9.47 Å². The molecule has 0 aliphatic carbocycles. The zero-order valence-electron chi connectivity index (χ0n) is 15.6. The molecule has 0 saturated heterocycles. The average molecular weight is 474 g/mol. The molecule has 5 nitrogen and oxygen atoms in total. The van der Waals surface area contributed by atoms with Crippen molar-refractivity contribution in [1.29, 1.82) is 0 Å². The van der Waals surface area contributed by atoms with Crippen molar-refractivity contribution >= 4 is 39.7 Å². The van der Waals surface area contributed by atoms with Crippen molar-refractivity contribution in [2.75, 3.05) is 7.11 Å². The van der Waals surface area contributed by atoms with Gasteiger partial charge in [0.1, 0.15) is 18.1 Å². The number of carbonyl (C=O) groups excluding carboxylic acids is 1. The van der Waals surface area contributed by atoms with Gasteiger partial charge in [-0.05, 0) is 42.0 Å². The van der Waals surface area contributed by atoms with E-state index in [1.807, 2.05) is 48.5 Å². The van der Waals surface area contributed by atoms with Gasteiger partial charge in [-0.3, -0.25) is 4.79 Å². The number of nitrogens with zero attached hydrogens (tertiary/aromatic N) is 1. The summed E-state index contributed by atoms with van der Waals surface area (Å²) in [7, 11) is 1.51. The van der Waals surface area contributed by atoms with Crippen molar-refractivity contribution in [3.63, 3.8) is 0 Å². The molecule has 0 aliphatic heterocycles. The number of methoxy groups -OCH3 is 1. The van der Waals surface area contributed by atoms with E-state index in [0.29, 0.717) is 28.7 Å². The minimum Gasteiger partial charge on any atom is -0.496 e. The van der Waals surface area contributed by atoms with E-state index in [9.17, 15) is 4.79 Å². The quantitative estimate of drug-likeness (QED) is 0.366.